The van der Waals surface area contributed by atoms with Gasteiger partial charge in [0.25, 0.3) is 0 Å². The molecule has 2 rings (SSSR count). The molecule has 0 aliphatic rings. The van der Waals surface area contributed by atoms with Gasteiger partial charge in [-0.15, -0.1) is 11.3 Å². The Kier molecular flexibility index (Phi) is 1.83. The van der Waals surface area contributed by atoms with Crippen molar-refractivity contribution >= 4 is 37.5 Å². The molecule has 2 nitrogen and oxygen atoms in total. The van der Waals surface area contributed by atoms with Gasteiger partial charge in [-0.2, -0.15) is 5.26 Å². The third-order valence-electron chi connectivity index (χ3n) is 1.49. The molecular weight excluding hydrogens is 236 g/mol. The lowest BCUT2D eigenvalue weighted by molar-refractivity contribution is 1.44. The number of hydrogen-bond donors (Lipinski definition) is 0. The topological polar surface area (TPSA) is 36.7 Å². The highest BCUT2D eigenvalue weighted by Gasteiger charge is 2.01. The second kappa shape index (κ2) is 2.85. The average molecular weight is 239 g/mol. The van der Waals surface area contributed by atoms with Crippen LogP contribution < -0.4 is 0 Å². The molecule has 0 spiro atoms. The Morgan fingerprint density at radius 3 is 3.08 bits per heavy atom. The minimum absolute atomic E-state index is 0.679. The lowest BCUT2D eigenvalue weighted by atomic mass is 10.2. The van der Waals surface area contributed by atoms with Crippen molar-refractivity contribution in [1.29, 1.82) is 5.26 Å². The third kappa shape index (κ3) is 1.22. The largest absolute Gasteiger partial charge is 0.229 e. The van der Waals surface area contributed by atoms with E-state index in [2.05, 4.69) is 27.0 Å². The zero-order chi connectivity index (χ0) is 8.55. The Hall–Kier alpha value is -0.920. The molecule has 1 heterocycles. The number of hydrogen-bond acceptors (Lipinski definition) is 3. The fourth-order valence-corrected chi connectivity index (χ4v) is 2.41. The van der Waals surface area contributed by atoms with E-state index in [4.69, 9.17) is 5.26 Å². The summed E-state index contributed by atoms with van der Waals surface area (Å²) in [6, 6.07) is 7.57. The maximum absolute atomic E-state index is 8.63. The fourth-order valence-electron chi connectivity index (χ4n) is 0.966. The number of nitriles is 1. The molecule has 0 saturated heterocycles. The Morgan fingerprint density at radius 2 is 2.33 bits per heavy atom. The smallest absolute Gasteiger partial charge is 0.160 e. The van der Waals surface area contributed by atoms with Crippen LogP contribution in [-0.2, 0) is 0 Å². The Balaban J connectivity index is 2.77. The lowest BCUT2D eigenvalue weighted by Crippen LogP contribution is -1.71. The van der Waals surface area contributed by atoms with Gasteiger partial charge in [-0.05, 0) is 34.1 Å². The van der Waals surface area contributed by atoms with Gasteiger partial charge in [0.15, 0.2) is 3.92 Å². The predicted octanol–water partition coefficient (Wildman–Crippen LogP) is 2.93. The maximum Gasteiger partial charge on any atom is 0.160 e. The van der Waals surface area contributed by atoms with E-state index in [9.17, 15) is 0 Å². The van der Waals surface area contributed by atoms with Gasteiger partial charge in [0.1, 0.15) is 0 Å². The van der Waals surface area contributed by atoms with Crippen molar-refractivity contribution in [3.63, 3.8) is 0 Å². The first-order valence-electron chi connectivity index (χ1n) is 3.26. The van der Waals surface area contributed by atoms with Crippen molar-refractivity contribution < 1.29 is 0 Å². The minimum atomic E-state index is 0.679. The predicted molar refractivity (Wildman–Crippen MR) is 52.0 cm³/mol. The molecule has 58 valence electrons. The number of fused-ring (bicyclic) bond motifs is 1. The molecule has 1 aromatic heterocycles. The fraction of sp³-hybridized carbons (Fsp3) is 0. The van der Waals surface area contributed by atoms with Crippen LogP contribution in [0.1, 0.15) is 5.56 Å². The van der Waals surface area contributed by atoms with Crippen LogP contribution in [-0.4, -0.2) is 4.98 Å². The van der Waals surface area contributed by atoms with Crippen molar-refractivity contribution in [2.45, 2.75) is 0 Å². The van der Waals surface area contributed by atoms with E-state index in [1.54, 1.807) is 6.07 Å². The quantitative estimate of drug-likeness (QED) is 0.708. The molecule has 0 atom stereocenters. The van der Waals surface area contributed by atoms with Crippen LogP contribution in [0.4, 0.5) is 0 Å². The Morgan fingerprint density at radius 1 is 1.50 bits per heavy atom. The van der Waals surface area contributed by atoms with Gasteiger partial charge in [-0.3, -0.25) is 0 Å². The molecule has 1 aromatic carbocycles. The van der Waals surface area contributed by atoms with Crippen LogP contribution in [0.5, 0.6) is 0 Å². The molecule has 12 heavy (non-hydrogen) atoms. The number of aromatic nitrogens is 1. The van der Waals surface area contributed by atoms with Gasteiger partial charge >= 0.3 is 0 Å². The minimum Gasteiger partial charge on any atom is -0.229 e. The van der Waals surface area contributed by atoms with Gasteiger partial charge < -0.3 is 0 Å². The van der Waals surface area contributed by atoms with Crippen molar-refractivity contribution in [1.82, 2.24) is 4.98 Å². The molecule has 0 unspecified atom stereocenters. The summed E-state index contributed by atoms with van der Waals surface area (Å²) in [5.41, 5.74) is 1.62. The molecular formula is C8H3BrN2S. The first-order valence-corrected chi connectivity index (χ1v) is 4.87. The summed E-state index contributed by atoms with van der Waals surface area (Å²) in [6.45, 7) is 0. The molecule has 0 aliphatic carbocycles. The highest BCUT2D eigenvalue weighted by molar-refractivity contribution is 9.11. The van der Waals surface area contributed by atoms with E-state index in [1.165, 1.54) is 11.3 Å². The average Bonchev–Trinajstić information content (AvgIpc) is 2.43. The number of thiazole rings is 1. The maximum atomic E-state index is 8.63. The summed E-state index contributed by atoms with van der Waals surface area (Å²) in [6.07, 6.45) is 0. The molecule has 0 bridgehead atoms. The van der Waals surface area contributed by atoms with Gasteiger partial charge in [-0.1, -0.05) is 0 Å². The van der Waals surface area contributed by atoms with Gasteiger partial charge in [-0.25, -0.2) is 4.98 Å². The van der Waals surface area contributed by atoms with Crippen LogP contribution in [0.3, 0.4) is 0 Å². The molecule has 2 aromatic rings. The molecule has 0 radical (unpaired) electrons. The SMILES string of the molecule is N#Cc1ccc2nc(Br)sc2c1. The number of nitrogens with zero attached hydrogens (tertiary/aromatic N) is 2. The van der Waals surface area contributed by atoms with Crippen LogP contribution >= 0.6 is 27.3 Å². The number of rotatable bonds is 0. The van der Waals surface area contributed by atoms with Crippen LogP contribution in [0, 0.1) is 11.3 Å². The molecule has 0 saturated carbocycles. The summed E-state index contributed by atoms with van der Waals surface area (Å²) >= 11 is 4.83. The van der Waals surface area contributed by atoms with Gasteiger partial charge in [0.2, 0.25) is 0 Å². The van der Waals surface area contributed by atoms with E-state index in [-0.39, 0.29) is 0 Å². The lowest BCUT2D eigenvalue weighted by Gasteiger charge is -1.86. The summed E-state index contributed by atoms with van der Waals surface area (Å²) < 4.78 is 1.90. The standard InChI is InChI=1S/C8H3BrN2S/c9-8-11-6-2-1-5(4-10)3-7(6)12-8/h1-3H. The summed E-state index contributed by atoms with van der Waals surface area (Å²) in [5.74, 6) is 0. The number of benzene rings is 1. The van der Waals surface area contributed by atoms with Crippen LogP contribution in [0.25, 0.3) is 10.2 Å². The molecule has 0 aliphatic heterocycles. The van der Waals surface area contributed by atoms with E-state index >= 15 is 0 Å². The zero-order valence-electron chi connectivity index (χ0n) is 5.91. The third-order valence-corrected chi connectivity index (χ3v) is 2.96. The van der Waals surface area contributed by atoms with E-state index in [0.29, 0.717) is 5.56 Å². The van der Waals surface area contributed by atoms with Crippen molar-refractivity contribution in [3.8, 4) is 6.07 Å². The van der Waals surface area contributed by atoms with Gasteiger partial charge in [0, 0.05) is 0 Å². The van der Waals surface area contributed by atoms with Crippen LogP contribution in [0.2, 0.25) is 0 Å². The van der Waals surface area contributed by atoms with Crippen molar-refractivity contribution in [3.05, 3.63) is 27.7 Å². The Labute approximate surface area is 81.6 Å². The number of halogens is 1. The highest BCUT2D eigenvalue weighted by atomic mass is 79.9. The molecule has 0 fully saturated rings. The summed E-state index contributed by atoms with van der Waals surface area (Å²) in [5, 5.41) is 8.63. The van der Waals surface area contributed by atoms with Crippen LogP contribution in [0.15, 0.2) is 22.1 Å². The van der Waals surface area contributed by atoms with E-state index in [1.807, 2.05) is 12.1 Å². The Bertz CT molecular complexity index is 469. The summed E-state index contributed by atoms with van der Waals surface area (Å²) in [7, 11) is 0. The van der Waals surface area contributed by atoms with Gasteiger partial charge in [0.05, 0.1) is 21.8 Å². The normalized spacial score (nSPS) is 10.0. The van der Waals surface area contributed by atoms with Crippen molar-refractivity contribution in [2.75, 3.05) is 0 Å². The first-order chi connectivity index (χ1) is 5.79. The second-order valence-corrected chi connectivity index (χ2v) is 4.57. The highest BCUT2D eigenvalue weighted by Crippen LogP contribution is 2.26. The van der Waals surface area contributed by atoms with E-state index in [0.717, 1.165) is 14.1 Å². The van der Waals surface area contributed by atoms with E-state index < -0.39 is 0 Å². The summed E-state index contributed by atoms with van der Waals surface area (Å²) in [4.78, 5) is 4.21. The second-order valence-electron chi connectivity index (χ2n) is 2.26. The monoisotopic (exact) mass is 238 g/mol. The first kappa shape index (κ1) is 7.71. The molecule has 4 heteroatoms. The van der Waals surface area contributed by atoms with Crippen molar-refractivity contribution in [2.24, 2.45) is 0 Å². The molecule has 0 N–H and O–H groups in total. The zero-order valence-corrected chi connectivity index (χ0v) is 8.32. The molecule has 0 amide bonds.